The number of carbonyl (C=O) groups excluding carboxylic acids is 2. The molecule has 0 bridgehead atoms. The fraction of sp³-hybridized carbons (Fsp3) is 0.444. The predicted molar refractivity (Wildman–Crippen MR) is 93.7 cm³/mol. The Kier molecular flexibility index (Phi) is 5.90. The molecule has 0 aliphatic carbocycles. The minimum Gasteiger partial charge on any atom is -0.448 e. The molecule has 1 atom stereocenters. The second-order valence-electron chi connectivity index (χ2n) is 6.05. The van der Waals surface area contributed by atoms with Crippen LogP contribution in [0.4, 0.5) is 0 Å². The lowest BCUT2D eigenvalue weighted by molar-refractivity contribution is -0.129. The number of nitrogens with zero attached hydrogens (tertiary/aromatic N) is 3. The summed E-state index contributed by atoms with van der Waals surface area (Å²) in [5.41, 5.74) is 3.49. The minimum absolute atomic E-state index is 0.107. The number of amides is 1. The van der Waals surface area contributed by atoms with Gasteiger partial charge in [-0.25, -0.2) is 4.79 Å². The first-order valence-electron chi connectivity index (χ1n) is 8.33. The van der Waals surface area contributed by atoms with Gasteiger partial charge in [0.15, 0.2) is 11.8 Å². The smallest absolute Gasteiger partial charge is 0.361 e. The number of benzene rings is 1. The zero-order valence-electron chi connectivity index (χ0n) is 15.3. The highest BCUT2D eigenvalue weighted by Crippen LogP contribution is 2.16. The average Bonchev–Trinajstić information content (AvgIpc) is 2.94. The third-order valence-corrected chi connectivity index (χ3v) is 3.75. The third kappa shape index (κ3) is 4.43. The summed E-state index contributed by atoms with van der Waals surface area (Å²) in [5.74, 6) is -0.984. The van der Waals surface area contributed by atoms with E-state index in [9.17, 15) is 9.59 Å². The lowest BCUT2D eigenvalue weighted by Crippen LogP contribution is -2.36. The number of aryl methyl sites for hydroxylation is 3. The van der Waals surface area contributed by atoms with Crippen molar-refractivity contribution in [1.82, 2.24) is 20.3 Å². The molecule has 0 aliphatic heterocycles. The first-order valence-corrected chi connectivity index (χ1v) is 8.33. The van der Waals surface area contributed by atoms with Gasteiger partial charge >= 0.3 is 5.97 Å². The van der Waals surface area contributed by atoms with Gasteiger partial charge in [-0.2, -0.15) is 9.90 Å². The summed E-state index contributed by atoms with van der Waals surface area (Å²) < 4.78 is 5.21. The van der Waals surface area contributed by atoms with Gasteiger partial charge in [0.05, 0.1) is 11.4 Å². The van der Waals surface area contributed by atoms with Crippen LogP contribution in [0, 0.1) is 20.8 Å². The van der Waals surface area contributed by atoms with Crippen molar-refractivity contribution >= 4 is 11.9 Å². The SMILES string of the molecule is CCCNC(=O)[C@@H](C)OC(=O)c1nn(-c2ccc(C)cc2C)nc1C. The van der Waals surface area contributed by atoms with Gasteiger partial charge in [0.25, 0.3) is 5.91 Å². The van der Waals surface area contributed by atoms with Crippen LogP contribution >= 0.6 is 0 Å². The summed E-state index contributed by atoms with van der Waals surface area (Å²) >= 11 is 0. The van der Waals surface area contributed by atoms with Gasteiger partial charge in [-0.05, 0) is 45.7 Å². The molecule has 2 rings (SSSR count). The van der Waals surface area contributed by atoms with Crippen molar-refractivity contribution in [1.29, 1.82) is 0 Å². The summed E-state index contributed by atoms with van der Waals surface area (Å²) in [6.45, 7) is 9.68. The van der Waals surface area contributed by atoms with Crippen LogP contribution in [0.1, 0.15) is 47.6 Å². The Morgan fingerprint density at radius 1 is 1.24 bits per heavy atom. The first-order chi connectivity index (χ1) is 11.8. The summed E-state index contributed by atoms with van der Waals surface area (Å²) in [7, 11) is 0. The monoisotopic (exact) mass is 344 g/mol. The molecule has 1 amide bonds. The fourth-order valence-electron chi connectivity index (χ4n) is 2.37. The Morgan fingerprint density at radius 2 is 1.96 bits per heavy atom. The van der Waals surface area contributed by atoms with Gasteiger partial charge in [-0.3, -0.25) is 4.79 Å². The maximum absolute atomic E-state index is 12.3. The van der Waals surface area contributed by atoms with Crippen molar-refractivity contribution in [3.8, 4) is 5.69 Å². The van der Waals surface area contributed by atoms with Gasteiger partial charge in [0, 0.05) is 6.54 Å². The van der Waals surface area contributed by atoms with E-state index < -0.39 is 12.1 Å². The molecule has 0 fully saturated rings. The maximum atomic E-state index is 12.3. The molecule has 0 saturated heterocycles. The molecule has 1 aromatic heterocycles. The Labute approximate surface area is 147 Å². The summed E-state index contributed by atoms with van der Waals surface area (Å²) in [5, 5.41) is 11.2. The number of ether oxygens (including phenoxy) is 1. The second kappa shape index (κ2) is 7.92. The van der Waals surface area contributed by atoms with Crippen molar-refractivity contribution in [3.05, 3.63) is 40.7 Å². The van der Waals surface area contributed by atoms with Crippen LogP contribution < -0.4 is 5.32 Å². The Morgan fingerprint density at radius 3 is 2.60 bits per heavy atom. The van der Waals surface area contributed by atoms with Crippen molar-refractivity contribution in [3.63, 3.8) is 0 Å². The maximum Gasteiger partial charge on any atom is 0.361 e. The Bertz CT molecular complexity index is 783. The van der Waals surface area contributed by atoms with E-state index in [1.807, 2.05) is 39.0 Å². The lowest BCUT2D eigenvalue weighted by atomic mass is 10.1. The van der Waals surface area contributed by atoms with E-state index in [1.165, 1.54) is 11.7 Å². The minimum atomic E-state index is -0.885. The Hall–Kier alpha value is -2.70. The second-order valence-corrected chi connectivity index (χ2v) is 6.05. The van der Waals surface area contributed by atoms with Gasteiger partial charge in [0.1, 0.15) is 0 Å². The summed E-state index contributed by atoms with van der Waals surface area (Å²) in [6.07, 6.45) is -0.0693. The largest absolute Gasteiger partial charge is 0.448 e. The van der Waals surface area contributed by atoms with Crippen LogP contribution in [-0.4, -0.2) is 39.5 Å². The zero-order chi connectivity index (χ0) is 18.6. The van der Waals surface area contributed by atoms with Gasteiger partial charge in [0.2, 0.25) is 0 Å². The molecule has 0 radical (unpaired) electrons. The molecule has 0 aliphatic rings. The van der Waals surface area contributed by atoms with Crippen molar-refractivity contribution in [2.24, 2.45) is 0 Å². The summed E-state index contributed by atoms with van der Waals surface area (Å²) in [6, 6.07) is 5.88. The Balaban J connectivity index is 2.16. The van der Waals surface area contributed by atoms with Crippen molar-refractivity contribution in [2.45, 2.75) is 47.1 Å². The molecule has 1 aromatic carbocycles. The van der Waals surface area contributed by atoms with Crippen molar-refractivity contribution in [2.75, 3.05) is 6.54 Å². The lowest BCUT2D eigenvalue weighted by Gasteiger charge is -2.12. The number of carbonyl (C=O) groups is 2. The number of hydrogen-bond donors (Lipinski definition) is 1. The normalized spacial score (nSPS) is 11.9. The standard InChI is InChI=1S/C18H24N4O3/c1-6-9-19-17(23)14(5)25-18(24)16-13(4)20-22(21-16)15-8-7-11(2)10-12(15)3/h7-8,10,14H,6,9H2,1-5H3,(H,19,23)/t14-/m1/s1. The topological polar surface area (TPSA) is 86.1 Å². The van der Waals surface area contributed by atoms with E-state index in [0.717, 1.165) is 23.2 Å². The van der Waals surface area contributed by atoms with Crippen LogP contribution in [0.5, 0.6) is 0 Å². The molecule has 134 valence electrons. The number of nitrogens with one attached hydrogen (secondary N) is 1. The third-order valence-electron chi connectivity index (χ3n) is 3.75. The first kappa shape index (κ1) is 18.6. The van der Waals surface area contributed by atoms with E-state index in [-0.39, 0.29) is 11.6 Å². The highest BCUT2D eigenvalue weighted by atomic mass is 16.5. The molecule has 0 spiro atoms. The molecule has 7 heteroatoms. The fourth-order valence-corrected chi connectivity index (χ4v) is 2.37. The quantitative estimate of drug-likeness (QED) is 0.812. The molecular formula is C18H24N4O3. The molecule has 0 saturated carbocycles. The molecule has 25 heavy (non-hydrogen) atoms. The molecule has 1 N–H and O–H groups in total. The molecule has 2 aromatic rings. The number of aromatic nitrogens is 3. The van der Waals surface area contributed by atoms with Crippen LogP contribution in [0.2, 0.25) is 0 Å². The van der Waals surface area contributed by atoms with Gasteiger partial charge in [-0.1, -0.05) is 24.6 Å². The van der Waals surface area contributed by atoms with Crippen LogP contribution in [0.3, 0.4) is 0 Å². The van der Waals surface area contributed by atoms with Gasteiger partial charge < -0.3 is 10.1 Å². The average molecular weight is 344 g/mol. The molecule has 0 unspecified atom stereocenters. The highest BCUT2D eigenvalue weighted by Gasteiger charge is 2.23. The number of hydrogen-bond acceptors (Lipinski definition) is 5. The highest BCUT2D eigenvalue weighted by molar-refractivity contribution is 5.91. The van der Waals surface area contributed by atoms with E-state index in [4.69, 9.17) is 4.74 Å². The summed E-state index contributed by atoms with van der Waals surface area (Å²) in [4.78, 5) is 25.6. The number of esters is 1. The van der Waals surface area contributed by atoms with E-state index in [1.54, 1.807) is 6.92 Å². The molecule has 1 heterocycles. The van der Waals surface area contributed by atoms with Gasteiger partial charge in [-0.15, -0.1) is 5.10 Å². The molecular weight excluding hydrogens is 320 g/mol. The van der Waals surface area contributed by atoms with Crippen LogP contribution in [0.15, 0.2) is 18.2 Å². The van der Waals surface area contributed by atoms with E-state index in [2.05, 4.69) is 15.5 Å². The van der Waals surface area contributed by atoms with E-state index in [0.29, 0.717) is 12.2 Å². The number of rotatable bonds is 6. The zero-order valence-corrected chi connectivity index (χ0v) is 15.3. The van der Waals surface area contributed by atoms with Crippen molar-refractivity contribution < 1.29 is 14.3 Å². The molecule has 7 nitrogen and oxygen atoms in total. The van der Waals surface area contributed by atoms with Crippen LogP contribution in [0.25, 0.3) is 5.69 Å². The predicted octanol–water partition coefficient (Wildman–Crippen LogP) is 2.26. The van der Waals surface area contributed by atoms with E-state index >= 15 is 0 Å². The van der Waals surface area contributed by atoms with Crippen LogP contribution in [-0.2, 0) is 9.53 Å².